The molecule has 0 fully saturated rings. The number of carbonyl (C=O) groups excluding carboxylic acids is 1. The SMILES string of the molecule is CCOC(=O)/C(C=[NH2+])=C(/c1cc(Cl)c(-c2cc(F)cc(Cl)c2Cl)[nH]1)C(C)(C)C. The average Bonchev–Trinajstić information content (AvgIpc) is 2.95. The lowest BCUT2D eigenvalue weighted by atomic mass is 9.81. The van der Waals surface area contributed by atoms with Gasteiger partial charge in [-0.15, -0.1) is 0 Å². The van der Waals surface area contributed by atoms with E-state index in [4.69, 9.17) is 44.9 Å². The predicted octanol–water partition coefficient (Wildman–Crippen LogP) is 4.97. The van der Waals surface area contributed by atoms with E-state index in [9.17, 15) is 9.18 Å². The molecule has 3 N–H and O–H groups in total. The zero-order valence-corrected chi connectivity index (χ0v) is 18.2. The molecule has 0 amide bonds. The van der Waals surface area contributed by atoms with Crippen molar-refractivity contribution in [3.05, 3.63) is 50.4 Å². The van der Waals surface area contributed by atoms with Gasteiger partial charge >= 0.3 is 5.97 Å². The number of esters is 1. The Morgan fingerprint density at radius 1 is 1.21 bits per heavy atom. The first kappa shape index (κ1) is 22.5. The number of rotatable bonds is 5. The summed E-state index contributed by atoms with van der Waals surface area (Å²) in [6, 6.07) is 3.99. The van der Waals surface area contributed by atoms with Gasteiger partial charge in [-0.1, -0.05) is 55.6 Å². The lowest BCUT2D eigenvalue weighted by Gasteiger charge is -2.23. The maximum Gasteiger partial charge on any atom is 0.344 e. The number of hydrogen-bond acceptors (Lipinski definition) is 2. The highest BCUT2D eigenvalue weighted by atomic mass is 35.5. The normalized spacial score (nSPS) is 12.6. The van der Waals surface area contributed by atoms with E-state index in [0.29, 0.717) is 27.5 Å². The Morgan fingerprint density at radius 3 is 2.39 bits per heavy atom. The summed E-state index contributed by atoms with van der Waals surface area (Å²) in [6.07, 6.45) is 1.21. The lowest BCUT2D eigenvalue weighted by Crippen LogP contribution is -2.34. The second-order valence-electron chi connectivity index (χ2n) is 7.08. The van der Waals surface area contributed by atoms with Gasteiger partial charge in [-0.05, 0) is 30.5 Å². The van der Waals surface area contributed by atoms with Gasteiger partial charge in [0.25, 0.3) is 0 Å². The molecule has 1 aromatic heterocycles. The van der Waals surface area contributed by atoms with E-state index >= 15 is 0 Å². The predicted molar refractivity (Wildman–Crippen MR) is 112 cm³/mol. The number of halogens is 4. The Kier molecular flexibility index (Phi) is 6.97. The Hall–Kier alpha value is -1.82. The van der Waals surface area contributed by atoms with Crippen LogP contribution in [0.1, 0.15) is 33.4 Å². The van der Waals surface area contributed by atoms with Crippen LogP contribution in [0.3, 0.4) is 0 Å². The van der Waals surface area contributed by atoms with Gasteiger partial charge in [0.05, 0.1) is 27.4 Å². The summed E-state index contributed by atoms with van der Waals surface area (Å²) in [5.74, 6) is -1.10. The molecule has 0 spiro atoms. The third kappa shape index (κ3) is 4.59. The number of aromatic amines is 1. The molecule has 150 valence electrons. The van der Waals surface area contributed by atoms with Crippen LogP contribution in [0.5, 0.6) is 0 Å². The highest BCUT2D eigenvalue weighted by molar-refractivity contribution is 6.44. The van der Waals surface area contributed by atoms with E-state index in [-0.39, 0.29) is 22.2 Å². The van der Waals surface area contributed by atoms with Crippen LogP contribution in [0.25, 0.3) is 16.8 Å². The summed E-state index contributed by atoms with van der Waals surface area (Å²) in [7, 11) is 0. The summed E-state index contributed by atoms with van der Waals surface area (Å²) in [5.41, 5.74) is 1.54. The van der Waals surface area contributed by atoms with Crippen LogP contribution in [-0.2, 0) is 9.53 Å². The van der Waals surface area contributed by atoms with E-state index in [1.807, 2.05) is 20.8 Å². The molecule has 0 saturated heterocycles. The second kappa shape index (κ2) is 8.68. The molecule has 2 aromatic rings. The number of nitrogens with two attached hydrogens (primary N) is 1. The Balaban J connectivity index is 2.75. The molecule has 2 rings (SSSR count). The maximum absolute atomic E-state index is 13.9. The minimum atomic E-state index is -0.550. The molecule has 0 bridgehead atoms. The zero-order chi connectivity index (χ0) is 21.2. The molecule has 28 heavy (non-hydrogen) atoms. The number of aromatic nitrogens is 1. The number of carbonyl (C=O) groups is 1. The highest BCUT2D eigenvalue weighted by Gasteiger charge is 2.30. The summed E-state index contributed by atoms with van der Waals surface area (Å²) in [5, 5.41) is 6.26. The first-order valence-electron chi connectivity index (χ1n) is 8.51. The van der Waals surface area contributed by atoms with Crippen LogP contribution < -0.4 is 5.41 Å². The van der Waals surface area contributed by atoms with Crippen molar-refractivity contribution in [2.45, 2.75) is 27.7 Å². The molecule has 4 nitrogen and oxygen atoms in total. The van der Waals surface area contributed by atoms with Crippen molar-refractivity contribution >= 4 is 52.6 Å². The monoisotopic (exact) mass is 445 g/mol. The molecule has 0 unspecified atom stereocenters. The fraction of sp³-hybridized carbons (Fsp3) is 0.300. The Bertz CT molecular complexity index is 959. The van der Waals surface area contributed by atoms with Crippen LogP contribution in [0, 0.1) is 11.2 Å². The topological polar surface area (TPSA) is 67.7 Å². The first-order chi connectivity index (χ1) is 13.0. The Labute approximate surface area is 178 Å². The van der Waals surface area contributed by atoms with Crippen LogP contribution >= 0.6 is 34.8 Å². The standard InChI is InChI=1S/C20H20Cl3FN2O2/c1-5-28-19(27)12(9-25)16(20(2,3)4)15-8-14(22)18(26-15)11-6-10(24)7-13(21)17(11)23/h6-9,25-26H,5H2,1-4H3/p+1/b16-12-,25-9?. The molecule has 8 heteroatoms. The van der Waals surface area contributed by atoms with E-state index in [1.54, 1.807) is 13.0 Å². The first-order valence-corrected chi connectivity index (χ1v) is 9.65. The molecule has 0 saturated carbocycles. The largest absolute Gasteiger partial charge is 0.462 e. The van der Waals surface area contributed by atoms with E-state index in [1.165, 1.54) is 12.3 Å². The van der Waals surface area contributed by atoms with Crippen molar-refractivity contribution < 1.29 is 19.3 Å². The molecular formula is C20H21Cl3FN2O2+. The van der Waals surface area contributed by atoms with Gasteiger partial charge in [-0.3, -0.25) is 5.41 Å². The number of nitrogens with one attached hydrogen (secondary N) is 1. The third-order valence-electron chi connectivity index (χ3n) is 3.98. The van der Waals surface area contributed by atoms with E-state index in [0.717, 1.165) is 6.07 Å². The quantitative estimate of drug-likeness (QED) is 0.294. The van der Waals surface area contributed by atoms with E-state index in [2.05, 4.69) is 4.98 Å². The zero-order valence-electron chi connectivity index (χ0n) is 15.9. The third-order valence-corrected chi connectivity index (χ3v) is 5.08. The molecular weight excluding hydrogens is 426 g/mol. The molecule has 0 aliphatic carbocycles. The van der Waals surface area contributed by atoms with Gasteiger partial charge in [0.1, 0.15) is 11.4 Å². The van der Waals surface area contributed by atoms with Crippen LogP contribution in [-0.4, -0.2) is 23.8 Å². The number of H-pyrrole nitrogens is 1. The van der Waals surface area contributed by atoms with Gasteiger partial charge < -0.3 is 9.72 Å². The summed E-state index contributed by atoms with van der Waals surface area (Å²) in [6.45, 7) is 7.69. The minimum Gasteiger partial charge on any atom is -0.462 e. The highest BCUT2D eigenvalue weighted by Crippen LogP contribution is 2.42. The van der Waals surface area contributed by atoms with Crippen molar-refractivity contribution in [2.75, 3.05) is 6.61 Å². The van der Waals surface area contributed by atoms with Gasteiger partial charge in [-0.25, -0.2) is 9.18 Å². The number of allylic oxidation sites excluding steroid dienone is 1. The molecule has 0 atom stereocenters. The molecule has 1 heterocycles. The average molecular weight is 447 g/mol. The molecule has 0 aliphatic rings. The van der Waals surface area contributed by atoms with Crippen molar-refractivity contribution in [2.24, 2.45) is 5.41 Å². The number of benzene rings is 1. The molecule has 0 radical (unpaired) electrons. The van der Waals surface area contributed by atoms with Crippen LogP contribution in [0.2, 0.25) is 15.1 Å². The second-order valence-corrected chi connectivity index (χ2v) is 8.27. The summed E-state index contributed by atoms with van der Waals surface area (Å²) < 4.78 is 19.0. The van der Waals surface area contributed by atoms with Crippen LogP contribution in [0.15, 0.2) is 23.8 Å². The van der Waals surface area contributed by atoms with Crippen molar-refractivity contribution in [1.29, 1.82) is 0 Å². The van der Waals surface area contributed by atoms with Gasteiger partial charge in [0.2, 0.25) is 0 Å². The Morgan fingerprint density at radius 2 is 1.86 bits per heavy atom. The van der Waals surface area contributed by atoms with Crippen molar-refractivity contribution in [3.63, 3.8) is 0 Å². The van der Waals surface area contributed by atoms with Gasteiger partial charge in [0.15, 0.2) is 6.21 Å². The fourth-order valence-electron chi connectivity index (χ4n) is 2.91. The molecule has 1 aromatic carbocycles. The van der Waals surface area contributed by atoms with Crippen molar-refractivity contribution in [1.82, 2.24) is 4.98 Å². The smallest absolute Gasteiger partial charge is 0.344 e. The number of ether oxygens (including phenoxy) is 1. The van der Waals surface area contributed by atoms with Crippen LogP contribution in [0.4, 0.5) is 4.39 Å². The van der Waals surface area contributed by atoms with E-state index < -0.39 is 17.2 Å². The maximum atomic E-state index is 13.9. The van der Waals surface area contributed by atoms with Crippen molar-refractivity contribution in [3.8, 4) is 11.3 Å². The number of hydrogen-bond donors (Lipinski definition) is 2. The lowest BCUT2D eigenvalue weighted by molar-refractivity contribution is -0.139. The minimum absolute atomic E-state index is 0.0676. The van der Waals surface area contributed by atoms with Gasteiger partial charge in [0, 0.05) is 16.8 Å². The molecule has 0 aliphatic heterocycles. The van der Waals surface area contributed by atoms with Gasteiger partial charge in [-0.2, -0.15) is 0 Å². The fourth-order valence-corrected chi connectivity index (χ4v) is 3.58. The summed E-state index contributed by atoms with van der Waals surface area (Å²) >= 11 is 18.6. The summed E-state index contributed by atoms with van der Waals surface area (Å²) in [4.78, 5) is 15.5.